The molecule has 9 nitrogen and oxygen atoms in total. The number of hydrogen-bond donors (Lipinski definition) is 3. The molecular weight excluding hydrogens is 336 g/mol. The van der Waals surface area contributed by atoms with E-state index in [0.717, 1.165) is 10.9 Å². The number of rotatable bonds is 4. The molecular formula is C17H14N6O3. The molecule has 3 aromatic heterocycles. The van der Waals surface area contributed by atoms with E-state index in [1.165, 1.54) is 0 Å². The first-order valence-electron chi connectivity index (χ1n) is 7.72. The Morgan fingerprint density at radius 2 is 2.04 bits per heavy atom. The Balaban J connectivity index is 1.71. The number of nitrogens with one attached hydrogen (secondary N) is 1. The second-order valence-corrected chi connectivity index (χ2v) is 5.59. The molecule has 0 aliphatic carbocycles. The molecule has 3 heterocycles. The van der Waals surface area contributed by atoms with Crippen LogP contribution in [-0.4, -0.2) is 30.9 Å². The van der Waals surface area contributed by atoms with E-state index in [9.17, 15) is 4.79 Å². The molecule has 4 rings (SSSR count). The minimum Gasteiger partial charge on any atom is -0.463 e. The van der Waals surface area contributed by atoms with Gasteiger partial charge in [-0.1, -0.05) is 12.1 Å². The van der Waals surface area contributed by atoms with Crippen LogP contribution in [0.4, 0.5) is 5.95 Å². The molecule has 9 heteroatoms. The van der Waals surface area contributed by atoms with Gasteiger partial charge < -0.3 is 10.2 Å². The van der Waals surface area contributed by atoms with Crippen LogP contribution in [0.25, 0.3) is 22.5 Å². The van der Waals surface area contributed by atoms with Crippen LogP contribution in [0.3, 0.4) is 0 Å². The number of hydroxylamine groups is 1. The third kappa shape index (κ3) is 2.76. The van der Waals surface area contributed by atoms with Crippen molar-refractivity contribution >= 4 is 22.9 Å². The number of hydrogen-bond acceptors (Lipinski definition) is 7. The van der Waals surface area contributed by atoms with Crippen molar-refractivity contribution in [3.63, 3.8) is 0 Å². The summed E-state index contributed by atoms with van der Waals surface area (Å²) in [6, 6.07) is 10.3. The molecule has 0 atom stereocenters. The number of nitrogen functional groups attached to an aromatic ring is 1. The molecule has 0 fully saturated rings. The number of anilines is 1. The van der Waals surface area contributed by atoms with Gasteiger partial charge in [0.05, 0.1) is 24.4 Å². The molecule has 4 N–H and O–H groups in total. The van der Waals surface area contributed by atoms with Crippen molar-refractivity contribution in [2.75, 3.05) is 5.73 Å². The Labute approximate surface area is 147 Å². The third-order valence-electron chi connectivity index (χ3n) is 3.92. The highest BCUT2D eigenvalue weighted by atomic mass is 16.5. The van der Waals surface area contributed by atoms with Crippen LogP contribution >= 0.6 is 0 Å². The van der Waals surface area contributed by atoms with Gasteiger partial charge in [-0.2, -0.15) is 10.1 Å². The molecule has 0 bridgehead atoms. The number of furan rings is 1. The summed E-state index contributed by atoms with van der Waals surface area (Å²) in [5, 5.41) is 13.8. The number of carbonyl (C=O) groups excluding carboxylic acids is 1. The van der Waals surface area contributed by atoms with Gasteiger partial charge in [-0.05, 0) is 29.8 Å². The van der Waals surface area contributed by atoms with Gasteiger partial charge in [0.2, 0.25) is 5.95 Å². The fourth-order valence-corrected chi connectivity index (χ4v) is 2.69. The van der Waals surface area contributed by atoms with E-state index in [-0.39, 0.29) is 5.95 Å². The SMILES string of the molecule is Nc1nc(-c2ccco2)c2cnn(Cc3ccc(C(=O)NO)cc3)c2n1. The maximum Gasteiger partial charge on any atom is 0.274 e. The van der Waals surface area contributed by atoms with Gasteiger partial charge in [-0.15, -0.1) is 0 Å². The van der Waals surface area contributed by atoms with E-state index in [1.807, 2.05) is 0 Å². The minimum atomic E-state index is -0.565. The molecule has 0 saturated heterocycles. The molecule has 0 aliphatic rings. The lowest BCUT2D eigenvalue weighted by Gasteiger charge is -2.06. The molecule has 0 radical (unpaired) electrons. The second kappa shape index (κ2) is 6.30. The number of benzene rings is 1. The van der Waals surface area contributed by atoms with Crippen LogP contribution in [0.1, 0.15) is 15.9 Å². The Morgan fingerprint density at radius 3 is 2.73 bits per heavy atom. The summed E-state index contributed by atoms with van der Waals surface area (Å²) in [4.78, 5) is 19.9. The summed E-state index contributed by atoms with van der Waals surface area (Å²) in [5.74, 6) is 0.147. The maximum absolute atomic E-state index is 11.4. The van der Waals surface area contributed by atoms with Gasteiger partial charge in [-0.3, -0.25) is 10.0 Å². The lowest BCUT2D eigenvalue weighted by Crippen LogP contribution is -2.18. The zero-order valence-electron chi connectivity index (χ0n) is 13.5. The smallest absolute Gasteiger partial charge is 0.274 e. The summed E-state index contributed by atoms with van der Waals surface area (Å²) in [5.41, 5.74) is 9.87. The summed E-state index contributed by atoms with van der Waals surface area (Å²) in [6.07, 6.45) is 3.23. The van der Waals surface area contributed by atoms with E-state index in [4.69, 9.17) is 15.4 Å². The average Bonchev–Trinajstić information content (AvgIpc) is 3.32. The number of aromatic nitrogens is 4. The van der Waals surface area contributed by atoms with E-state index < -0.39 is 5.91 Å². The second-order valence-electron chi connectivity index (χ2n) is 5.59. The van der Waals surface area contributed by atoms with Crippen LogP contribution in [-0.2, 0) is 6.54 Å². The molecule has 4 aromatic rings. The first-order chi connectivity index (χ1) is 12.7. The van der Waals surface area contributed by atoms with Crippen molar-refractivity contribution < 1.29 is 14.4 Å². The van der Waals surface area contributed by atoms with Crippen molar-refractivity contribution in [2.24, 2.45) is 0 Å². The summed E-state index contributed by atoms with van der Waals surface area (Å²) in [6.45, 7) is 0.429. The number of carbonyl (C=O) groups is 1. The van der Waals surface area contributed by atoms with Gasteiger partial charge in [0.25, 0.3) is 5.91 Å². The van der Waals surface area contributed by atoms with Crippen molar-refractivity contribution in [3.05, 3.63) is 60.0 Å². The molecule has 130 valence electrons. The first kappa shape index (κ1) is 15.8. The molecule has 0 aliphatic heterocycles. The van der Waals surface area contributed by atoms with Gasteiger partial charge in [0.15, 0.2) is 11.4 Å². The lowest BCUT2D eigenvalue weighted by atomic mass is 10.1. The normalized spacial score (nSPS) is 11.0. The highest BCUT2D eigenvalue weighted by Gasteiger charge is 2.15. The standard InChI is InChI=1S/C17H14N6O3/c18-17-20-14(13-2-1-7-26-13)12-8-19-23(15(12)21-17)9-10-3-5-11(6-4-10)16(24)22-25/h1-8,25H,9H2,(H,22,24)(H2,18,20,21). The molecule has 0 unspecified atom stereocenters. The van der Waals surface area contributed by atoms with Crippen LogP contribution in [0.15, 0.2) is 53.3 Å². The zero-order valence-corrected chi connectivity index (χ0v) is 13.5. The molecule has 1 aromatic carbocycles. The molecule has 0 spiro atoms. The third-order valence-corrected chi connectivity index (χ3v) is 3.92. The van der Waals surface area contributed by atoms with Gasteiger partial charge in [-0.25, -0.2) is 15.1 Å². The minimum absolute atomic E-state index is 0.126. The summed E-state index contributed by atoms with van der Waals surface area (Å²) in [7, 11) is 0. The fourth-order valence-electron chi connectivity index (χ4n) is 2.69. The van der Waals surface area contributed by atoms with E-state index >= 15 is 0 Å². The Morgan fingerprint density at radius 1 is 1.23 bits per heavy atom. The molecule has 0 saturated carbocycles. The fraction of sp³-hybridized carbons (Fsp3) is 0.0588. The van der Waals surface area contributed by atoms with Crippen LogP contribution < -0.4 is 11.2 Å². The van der Waals surface area contributed by atoms with Gasteiger partial charge in [0.1, 0.15) is 5.69 Å². The number of fused-ring (bicyclic) bond motifs is 1. The molecule has 26 heavy (non-hydrogen) atoms. The first-order valence-corrected chi connectivity index (χ1v) is 7.72. The van der Waals surface area contributed by atoms with E-state index in [0.29, 0.717) is 29.2 Å². The average molecular weight is 350 g/mol. The maximum atomic E-state index is 11.4. The Kier molecular flexibility index (Phi) is 3.82. The van der Waals surface area contributed by atoms with Crippen LogP contribution in [0, 0.1) is 0 Å². The van der Waals surface area contributed by atoms with Crippen molar-refractivity contribution in [1.82, 2.24) is 25.2 Å². The summed E-state index contributed by atoms with van der Waals surface area (Å²) < 4.78 is 7.11. The largest absolute Gasteiger partial charge is 0.463 e. The van der Waals surface area contributed by atoms with Crippen molar-refractivity contribution in [3.8, 4) is 11.5 Å². The summed E-state index contributed by atoms with van der Waals surface area (Å²) >= 11 is 0. The predicted molar refractivity (Wildman–Crippen MR) is 92.2 cm³/mol. The number of nitrogens with two attached hydrogens (primary N) is 1. The Hall–Kier alpha value is -3.72. The monoisotopic (exact) mass is 350 g/mol. The van der Waals surface area contributed by atoms with Crippen LogP contribution in [0.2, 0.25) is 0 Å². The van der Waals surface area contributed by atoms with Gasteiger partial charge in [0, 0.05) is 5.56 Å². The van der Waals surface area contributed by atoms with Crippen LogP contribution in [0.5, 0.6) is 0 Å². The molecule has 1 amide bonds. The number of nitrogens with zero attached hydrogens (tertiary/aromatic N) is 4. The zero-order chi connectivity index (χ0) is 18.1. The number of amides is 1. The Bertz CT molecular complexity index is 1070. The lowest BCUT2D eigenvalue weighted by molar-refractivity contribution is 0.0706. The van der Waals surface area contributed by atoms with Crippen molar-refractivity contribution in [1.29, 1.82) is 0 Å². The van der Waals surface area contributed by atoms with E-state index in [2.05, 4.69) is 15.1 Å². The topological polar surface area (TPSA) is 132 Å². The van der Waals surface area contributed by atoms with Gasteiger partial charge >= 0.3 is 0 Å². The van der Waals surface area contributed by atoms with Crippen molar-refractivity contribution in [2.45, 2.75) is 6.54 Å². The highest BCUT2D eigenvalue weighted by molar-refractivity contribution is 5.93. The highest BCUT2D eigenvalue weighted by Crippen LogP contribution is 2.27. The van der Waals surface area contributed by atoms with E-state index in [1.54, 1.807) is 59.0 Å². The quantitative estimate of drug-likeness (QED) is 0.378. The predicted octanol–water partition coefficient (Wildman–Crippen LogP) is 1.84.